The molecule has 15 heteroatoms. The minimum absolute atomic E-state index is 0.0846. The first-order valence-electron chi connectivity index (χ1n) is 27.9. The van der Waals surface area contributed by atoms with Crippen molar-refractivity contribution in [2.75, 3.05) is 6.54 Å². The zero-order valence-corrected chi connectivity index (χ0v) is 59.3. The van der Waals surface area contributed by atoms with Crippen LogP contribution in [-0.4, -0.2) is 46.1 Å². The number of nitrogens with zero attached hydrogens (tertiary/aromatic N) is 8. The molecule has 0 saturated heterocycles. The van der Waals surface area contributed by atoms with Crippen LogP contribution in [0.4, 0.5) is 0 Å². The van der Waals surface area contributed by atoms with Gasteiger partial charge in [0.1, 0.15) is 17.8 Å². The molecule has 0 unspecified atom stereocenters. The molecule has 7 aromatic rings. The lowest BCUT2D eigenvalue weighted by atomic mass is 9.84. The van der Waals surface area contributed by atoms with E-state index >= 15 is 0 Å². The van der Waals surface area contributed by atoms with E-state index < -0.39 is 0 Å². The van der Waals surface area contributed by atoms with E-state index in [2.05, 4.69) is 241 Å². The second-order valence-corrected chi connectivity index (χ2v) is 32.2. The molecule has 0 aromatic carbocycles. The van der Waals surface area contributed by atoms with Gasteiger partial charge in [-0.3, -0.25) is 4.99 Å². The van der Waals surface area contributed by atoms with E-state index in [-0.39, 0.29) is 43.3 Å². The Balaban J connectivity index is 0.000000463. The van der Waals surface area contributed by atoms with Gasteiger partial charge in [-0.1, -0.05) is 184 Å². The van der Waals surface area contributed by atoms with E-state index in [1.54, 1.807) is 58.2 Å². The zero-order valence-electron chi connectivity index (χ0n) is 56.0. The van der Waals surface area contributed by atoms with Crippen molar-refractivity contribution in [3.8, 4) is 0 Å². The molecule has 0 atom stereocenters. The van der Waals surface area contributed by atoms with Crippen LogP contribution >= 0.6 is 45.7 Å². The van der Waals surface area contributed by atoms with Gasteiger partial charge in [0.15, 0.2) is 11.8 Å². The van der Waals surface area contributed by atoms with Gasteiger partial charge in [0.05, 0.1) is 56.9 Å². The average molecular weight is 1190 g/mol. The first-order chi connectivity index (χ1) is 36.6. The van der Waals surface area contributed by atoms with Crippen LogP contribution < -0.4 is 0 Å². The molecule has 7 aromatic heterocycles. The van der Waals surface area contributed by atoms with Crippen molar-refractivity contribution in [1.82, 2.24) is 33.8 Å². The molecule has 0 N–H and O–H groups in total. The topological polar surface area (TPSA) is 142 Å². The molecule has 0 bridgehead atoms. The minimum Gasteiger partial charge on any atom is -0.449 e. The maximum absolute atomic E-state index is 5.34. The minimum atomic E-state index is 0.0846. The highest BCUT2D eigenvalue weighted by Gasteiger charge is 2.24. The highest BCUT2D eigenvalue weighted by Crippen LogP contribution is 2.31. The fraction of sp³-hybridized carbons (Fsp3) is 0.606. The van der Waals surface area contributed by atoms with E-state index in [0.29, 0.717) is 0 Å². The maximum atomic E-state index is 5.34. The van der Waals surface area contributed by atoms with Crippen molar-refractivity contribution in [3.63, 3.8) is 0 Å². The summed E-state index contributed by atoms with van der Waals surface area (Å²) in [7, 11) is 0. The number of oxazole rings is 2. The molecule has 0 amide bonds. The Morgan fingerprint density at radius 2 is 1.10 bits per heavy atom. The molecule has 1 aliphatic rings. The Bertz CT molecular complexity index is 2590. The molecule has 8 heterocycles. The van der Waals surface area contributed by atoms with Gasteiger partial charge in [-0.05, 0) is 103 Å². The quantitative estimate of drug-likeness (QED) is 0.156. The second-order valence-electron chi connectivity index (χ2n) is 28.5. The van der Waals surface area contributed by atoms with Gasteiger partial charge in [-0.25, -0.2) is 19.9 Å². The van der Waals surface area contributed by atoms with Gasteiger partial charge in [-0.15, -0.1) is 22.7 Å². The van der Waals surface area contributed by atoms with Crippen molar-refractivity contribution in [1.29, 1.82) is 0 Å². The first kappa shape index (κ1) is 74.3. The maximum Gasteiger partial charge on any atom is 0.191 e. The summed E-state index contributed by atoms with van der Waals surface area (Å²) >= 11 is 6.65. The smallest absolute Gasteiger partial charge is 0.191 e. The van der Waals surface area contributed by atoms with Crippen molar-refractivity contribution in [2.24, 2.45) is 10.4 Å². The SMILES string of the molecule is C=CC1=NCC=C1C(C)(C)C.Cc1cc(C(C)(C)C)on1.Cc1cc(C(C)(C)C)sn1.Cc1nc(C(C)(C)C)co1.Cc1nc(C(C)(C)C)cs1.Cc1ncc(C(C)(C)C)o1.Cc1ncc(C(C)(C)C)s1.Cc1nscc1C(C)(C)C. The molecule has 0 spiro atoms. The Hall–Kier alpha value is -4.70. The summed E-state index contributed by atoms with van der Waals surface area (Å²) in [4.78, 5) is 23.9. The Morgan fingerprint density at radius 1 is 0.531 bits per heavy atom. The van der Waals surface area contributed by atoms with Gasteiger partial charge in [0.2, 0.25) is 0 Å². The summed E-state index contributed by atoms with van der Waals surface area (Å²) < 4.78 is 23.9. The zero-order chi connectivity index (χ0) is 62.9. The number of aryl methyl sites for hydroxylation is 7. The molecule has 0 fully saturated rings. The summed E-state index contributed by atoms with van der Waals surface area (Å²) in [6.45, 7) is 70.4. The van der Waals surface area contributed by atoms with Crippen LogP contribution in [0.1, 0.15) is 243 Å². The highest BCUT2D eigenvalue weighted by atomic mass is 32.1. The third kappa shape index (κ3) is 28.4. The van der Waals surface area contributed by atoms with E-state index in [4.69, 9.17) is 13.4 Å². The lowest BCUT2D eigenvalue weighted by Crippen LogP contribution is -2.14. The van der Waals surface area contributed by atoms with Crippen molar-refractivity contribution >= 4 is 51.5 Å². The van der Waals surface area contributed by atoms with Crippen LogP contribution in [0.3, 0.4) is 0 Å². The van der Waals surface area contributed by atoms with Gasteiger partial charge < -0.3 is 13.4 Å². The van der Waals surface area contributed by atoms with E-state index in [9.17, 15) is 0 Å². The van der Waals surface area contributed by atoms with Crippen LogP contribution in [0.2, 0.25) is 0 Å². The van der Waals surface area contributed by atoms with E-state index in [1.807, 2.05) is 59.9 Å². The van der Waals surface area contributed by atoms with Gasteiger partial charge >= 0.3 is 0 Å². The molecule has 452 valence electrons. The third-order valence-corrected chi connectivity index (χ3v) is 15.8. The summed E-state index contributed by atoms with van der Waals surface area (Å²) in [6, 6.07) is 4.13. The Kier molecular flexibility index (Phi) is 28.2. The van der Waals surface area contributed by atoms with E-state index in [0.717, 1.165) is 62.7 Å². The highest BCUT2D eigenvalue weighted by molar-refractivity contribution is 7.11. The summed E-state index contributed by atoms with van der Waals surface area (Å²) in [5.41, 5.74) is 10.8. The van der Waals surface area contributed by atoms with Crippen LogP contribution in [0.5, 0.6) is 0 Å². The first-order valence-corrected chi connectivity index (χ1v) is 31.3. The monoisotopic (exact) mass is 1190 g/mol. The van der Waals surface area contributed by atoms with Crippen LogP contribution in [0.25, 0.3) is 0 Å². The second kappa shape index (κ2) is 30.7. The molecule has 0 aliphatic carbocycles. The standard InChI is InChI=1S/C10H15N.3C8H13NO.4C8H13NS/c1-5-9-8(6-7-11-9)10(2,3)4;1-6-9-7(5-10-6)8(2,3)4;1-6-9-5-7(10-6)8(2,3)4;1-6-5-7(10-9-6)8(2,3)4;1-6-9-7(5-10-6)8(2,3)4;1-6-9-5-7(10-6)8(2,3)4;1-6-7(5-10-9-6)8(2,3)4;1-6-5-7(10-9-6)8(2,3)4/h5-6H,1,7H2,2-4H3;7*5H,1-4H3. The summed E-state index contributed by atoms with van der Waals surface area (Å²) in [6.07, 6.45) is 9.49. The normalized spacial score (nSPS) is 12.8. The molecule has 11 nitrogen and oxygen atoms in total. The van der Waals surface area contributed by atoms with Crippen LogP contribution in [0, 0.1) is 53.9 Å². The predicted molar refractivity (Wildman–Crippen MR) is 352 cm³/mol. The largest absolute Gasteiger partial charge is 0.449 e. The van der Waals surface area contributed by atoms with Crippen molar-refractivity contribution in [3.05, 3.63) is 143 Å². The predicted octanol–water partition coefficient (Wildman–Crippen LogP) is 20.4. The molecule has 0 radical (unpaired) electrons. The molecule has 8 rings (SSSR count). The Morgan fingerprint density at radius 3 is 1.32 bits per heavy atom. The molecule has 1 aliphatic heterocycles. The number of allylic oxidation sites excluding steroid dienone is 2. The van der Waals surface area contributed by atoms with Gasteiger partial charge in [0, 0.05) is 68.3 Å². The van der Waals surface area contributed by atoms with Crippen molar-refractivity contribution < 1.29 is 13.4 Å². The summed E-state index contributed by atoms with van der Waals surface area (Å²) in [5, 5.41) is 10.4. The number of aliphatic imine (C=N–C) groups is 1. The molecular formula is C66H106N8O3S4. The van der Waals surface area contributed by atoms with Crippen LogP contribution in [0.15, 0.2) is 84.2 Å². The molecular weight excluding hydrogens is 1080 g/mol. The van der Waals surface area contributed by atoms with Gasteiger partial charge in [0.25, 0.3) is 0 Å². The molecule has 81 heavy (non-hydrogen) atoms. The lowest BCUT2D eigenvalue weighted by molar-refractivity contribution is 0.327. The fourth-order valence-corrected chi connectivity index (χ4v) is 9.97. The fourth-order valence-electron chi connectivity index (χ4n) is 6.57. The molecule has 0 saturated carbocycles. The number of hydrogen-bond donors (Lipinski definition) is 0. The number of aromatic nitrogens is 7. The van der Waals surface area contributed by atoms with Crippen molar-refractivity contribution in [2.45, 2.75) is 253 Å². The number of hydrogen-bond acceptors (Lipinski definition) is 15. The van der Waals surface area contributed by atoms with Crippen LogP contribution in [-0.2, 0) is 37.9 Å². The average Bonchev–Trinajstić information content (AvgIpc) is 4.14. The Labute approximate surface area is 507 Å². The van der Waals surface area contributed by atoms with Gasteiger partial charge in [-0.2, -0.15) is 8.75 Å². The summed E-state index contributed by atoms with van der Waals surface area (Å²) in [5.74, 6) is 3.38. The number of thiazole rings is 2. The van der Waals surface area contributed by atoms with E-state index in [1.165, 1.54) is 32.3 Å². The number of rotatable bonds is 1. The third-order valence-electron chi connectivity index (χ3n) is 11.6. The lowest BCUT2D eigenvalue weighted by Gasteiger charge is -2.20.